The number of carbonyl (C=O) groups is 2. The summed E-state index contributed by atoms with van der Waals surface area (Å²) in [6.45, 7) is 0.124. The molecule has 0 fully saturated rings. The minimum atomic E-state index is -1.22. The van der Waals surface area contributed by atoms with Crippen molar-refractivity contribution in [2.75, 3.05) is 6.61 Å². The van der Waals surface area contributed by atoms with Gasteiger partial charge in [-0.2, -0.15) is 0 Å². The Hall–Kier alpha value is -3.67. The van der Waals surface area contributed by atoms with Crippen LogP contribution in [0.2, 0.25) is 0 Å². The van der Waals surface area contributed by atoms with Crippen molar-refractivity contribution in [2.24, 2.45) is 0 Å². The van der Waals surface area contributed by atoms with E-state index in [1.165, 1.54) is 12.4 Å². The van der Waals surface area contributed by atoms with Crippen LogP contribution < -0.4 is 5.32 Å². The fraction of sp³-hybridized carbons (Fsp3) is 0.136. The molecule has 0 aliphatic heterocycles. The maximum atomic E-state index is 12.3. The number of carboxylic acid groups (broad SMARTS) is 1. The van der Waals surface area contributed by atoms with E-state index < -0.39 is 18.1 Å². The molecule has 1 aliphatic carbocycles. The fourth-order valence-corrected chi connectivity index (χ4v) is 3.59. The van der Waals surface area contributed by atoms with Crippen LogP contribution in [0, 0.1) is 0 Å². The van der Waals surface area contributed by atoms with Gasteiger partial charge >= 0.3 is 12.1 Å². The number of rotatable bonds is 5. The normalized spacial score (nSPS) is 13.3. The van der Waals surface area contributed by atoms with Gasteiger partial charge in [0, 0.05) is 23.9 Å². The zero-order chi connectivity index (χ0) is 19.5. The summed E-state index contributed by atoms with van der Waals surface area (Å²) in [6.07, 6.45) is 2.16. The average molecular weight is 374 g/mol. The molecule has 6 nitrogen and oxygen atoms in total. The summed E-state index contributed by atoms with van der Waals surface area (Å²) < 4.78 is 5.41. The summed E-state index contributed by atoms with van der Waals surface area (Å²) in [5.41, 5.74) is 4.83. The Labute approximate surface area is 161 Å². The third-order valence-electron chi connectivity index (χ3n) is 4.87. The highest BCUT2D eigenvalue weighted by Crippen LogP contribution is 2.44. The smallest absolute Gasteiger partial charge is 0.408 e. The molecule has 3 aromatic rings. The Morgan fingerprint density at radius 2 is 1.64 bits per heavy atom. The first-order chi connectivity index (χ1) is 13.6. The van der Waals surface area contributed by atoms with Crippen molar-refractivity contribution < 1.29 is 19.4 Å². The quantitative estimate of drug-likeness (QED) is 0.710. The first kappa shape index (κ1) is 17.7. The summed E-state index contributed by atoms with van der Waals surface area (Å²) in [6, 6.07) is 18.0. The third-order valence-corrected chi connectivity index (χ3v) is 4.87. The van der Waals surface area contributed by atoms with Crippen LogP contribution in [0.4, 0.5) is 4.79 Å². The third kappa shape index (κ3) is 3.32. The topological polar surface area (TPSA) is 88.5 Å². The van der Waals surface area contributed by atoms with Gasteiger partial charge in [0.2, 0.25) is 0 Å². The minimum absolute atomic E-state index is 0.0835. The summed E-state index contributed by atoms with van der Waals surface area (Å²) in [5, 5.41) is 11.8. The van der Waals surface area contributed by atoms with E-state index in [2.05, 4.69) is 22.4 Å². The van der Waals surface area contributed by atoms with Crippen molar-refractivity contribution >= 4 is 12.1 Å². The second-order valence-electron chi connectivity index (χ2n) is 6.53. The molecule has 0 unspecified atom stereocenters. The molecule has 0 saturated carbocycles. The molecular weight excluding hydrogens is 356 g/mol. The molecule has 6 heteroatoms. The van der Waals surface area contributed by atoms with E-state index in [1.807, 2.05) is 36.4 Å². The number of carboxylic acids is 1. The summed E-state index contributed by atoms with van der Waals surface area (Å²) >= 11 is 0. The zero-order valence-corrected chi connectivity index (χ0v) is 14.9. The number of fused-ring (bicyclic) bond motifs is 3. The Balaban J connectivity index is 1.49. The van der Waals surface area contributed by atoms with Gasteiger partial charge in [0.05, 0.1) is 0 Å². The van der Waals surface area contributed by atoms with Crippen LogP contribution in [-0.2, 0) is 9.53 Å². The maximum absolute atomic E-state index is 12.3. The molecule has 1 aromatic heterocycles. The molecule has 28 heavy (non-hydrogen) atoms. The molecule has 1 aliphatic rings. The van der Waals surface area contributed by atoms with Gasteiger partial charge in [-0.05, 0) is 28.3 Å². The SMILES string of the molecule is O=C(N[C@H](C(=O)O)c1cccnc1)OCC1c2ccccc2-c2ccccc21. The fourth-order valence-electron chi connectivity index (χ4n) is 3.59. The number of hydrogen-bond donors (Lipinski definition) is 2. The first-order valence-corrected chi connectivity index (χ1v) is 8.89. The van der Waals surface area contributed by atoms with Gasteiger partial charge in [-0.15, -0.1) is 0 Å². The number of carbonyl (C=O) groups excluding carboxylic acids is 1. The number of nitrogens with zero attached hydrogens (tertiary/aromatic N) is 1. The van der Waals surface area contributed by atoms with E-state index in [1.54, 1.807) is 12.1 Å². The molecule has 0 radical (unpaired) electrons. The molecule has 140 valence electrons. The van der Waals surface area contributed by atoms with E-state index >= 15 is 0 Å². The Bertz CT molecular complexity index is 974. The lowest BCUT2D eigenvalue weighted by Gasteiger charge is -2.17. The molecule has 2 aromatic carbocycles. The standard InChI is InChI=1S/C22H18N2O4/c25-21(26)20(14-6-5-11-23-12-14)24-22(27)28-13-19-17-9-3-1-7-15(17)16-8-2-4-10-18(16)19/h1-12,19-20H,13H2,(H,24,27)(H,25,26)/t20-/m0/s1. The second-order valence-corrected chi connectivity index (χ2v) is 6.53. The minimum Gasteiger partial charge on any atom is -0.479 e. The lowest BCUT2D eigenvalue weighted by atomic mass is 9.98. The van der Waals surface area contributed by atoms with Crippen LogP contribution in [0.1, 0.15) is 28.7 Å². The van der Waals surface area contributed by atoms with Crippen LogP contribution in [0.15, 0.2) is 73.1 Å². The Morgan fingerprint density at radius 3 is 2.21 bits per heavy atom. The number of alkyl carbamates (subject to hydrolysis) is 1. The molecule has 1 amide bonds. The highest BCUT2D eigenvalue weighted by Gasteiger charge is 2.30. The van der Waals surface area contributed by atoms with Crippen molar-refractivity contribution in [1.82, 2.24) is 10.3 Å². The summed E-state index contributed by atoms with van der Waals surface area (Å²) in [7, 11) is 0. The molecule has 0 saturated heterocycles. The van der Waals surface area contributed by atoms with Crippen molar-refractivity contribution in [3.8, 4) is 11.1 Å². The van der Waals surface area contributed by atoms with Crippen LogP contribution in [0.3, 0.4) is 0 Å². The van der Waals surface area contributed by atoms with E-state index in [-0.39, 0.29) is 12.5 Å². The Kier molecular flexibility index (Phi) is 4.76. The molecule has 2 N–H and O–H groups in total. The zero-order valence-electron chi connectivity index (χ0n) is 14.9. The van der Waals surface area contributed by atoms with Gasteiger partial charge in [0.15, 0.2) is 6.04 Å². The van der Waals surface area contributed by atoms with E-state index in [9.17, 15) is 14.7 Å². The van der Waals surface area contributed by atoms with Gasteiger partial charge in [-0.25, -0.2) is 9.59 Å². The van der Waals surface area contributed by atoms with Crippen molar-refractivity contribution in [2.45, 2.75) is 12.0 Å². The van der Waals surface area contributed by atoms with Crippen molar-refractivity contribution in [3.63, 3.8) is 0 Å². The lowest BCUT2D eigenvalue weighted by molar-refractivity contribution is -0.139. The largest absolute Gasteiger partial charge is 0.479 e. The van der Waals surface area contributed by atoms with Crippen molar-refractivity contribution in [3.05, 3.63) is 89.7 Å². The summed E-state index contributed by atoms with van der Waals surface area (Å²) in [4.78, 5) is 27.7. The van der Waals surface area contributed by atoms with Crippen LogP contribution >= 0.6 is 0 Å². The van der Waals surface area contributed by atoms with Gasteiger partial charge in [0.25, 0.3) is 0 Å². The van der Waals surface area contributed by atoms with Gasteiger partial charge in [-0.3, -0.25) is 4.98 Å². The number of amides is 1. The van der Waals surface area contributed by atoms with Crippen molar-refractivity contribution in [1.29, 1.82) is 0 Å². The van der Waals surface area contributed by atoms with Gasteiger partial charge in [-0.1, -0.05) is 54.6 Å². The first-order valence-electron chi connectivity index (χ1n) is 8.89. The summed E-state index contributed by atoms with van der Waals surface area (Å²) in [5.74, 6) is -1.26. The van der Waals surface area contributed by atoms with E-state index in [0.29, 0.717) is 5.56 Å². The van der Waals surface area contributed by atoms with E-state index in [0.717, 1.165) is 22.3 Å². The van der Waals surface area contributed by atoms with Gasteiger partial charge in [0.1, 0.15) is 6.61 Å². The van der Waals surface area contributed by atoms with E-state index in [4.69, 9.17) is 4.74 Å². The molecule has 1 heterocycles. The van der Waals surface area contributed by atoms with Gasteiger partial charge < -0.3 is 15.2 Å². The van der Waals surface area contributed by atoms with Crippen LogP contribution in [0.25, 0.3) is 11.1 Å². The number of benzene rings is 2. The average Bonchev–Trinajstić information content (AvgIpc) is 3.05. The highest BCUT2D eigenvalue weighted by atomic mass is 16.5. The number of nitrogens with one attached hydrogen (secondary N) is 1. The Morgan fingerprint density at radius 1 is 1.00 bits per heavy atom. The predicted molar refractivity (Wildman–Crippen MR) is 103 cm³/mol. The molecule has 1 atom stereocenters. The molecular formula is C22H18N2O4. The lowest BCUT2D eigenvalue weighted by Crippen LogP contribution is -2.34. The maximum Gasteiger partial charge on any atom is 0.408 e. The number of ether oxygens (including phenoxy) is 1. The number of aliphatic carboxylic acids is 1. The molecule has 0 bridgehead atoms. The number of aromatic nitrogens is 1. The highest BCUT2D eigenvalue weighted by molar-refractivity contribution is 5.82. The number of hydrogen-bond acceptors (Lipinski definition) is 4. The number of pyridine rings is 1. The van der Waals surface area contributed by atoms with Crippen LogP contribution in [0.5, 0.6) is 0 Å². The second kappa shape index (κ2) is 7.52. The monoisotopic (exact) mass is 374 g/mol. The molecule has 4 rings (SSSR count). The van der Waals surface area contributed by atoms with Crippen LogP contribution in [-0.4, -0.2) is 28.8 Å². The predicted octanol–water partition coefficient (Wildman–Crippen LogP) is 3.75. The molecule has 0 spiro atoms.